The third-order valence-corrected chi connectivity index (χ3v) is 6.34. The molecule has 5 nitrogen and oxygen atoms in total. The van der Waals surface area contributed by atoms with E-state index in [1.807, 2.05) is 33.8 Å². The minimum absolute atomic E-state index is 0.112. The molecule has 0 bridgehead atoms. The summed E-state index contributed by atoms with van der Waals surface area (Å²) in [5.74, 6) is -0.0617. The number of carbonyl (C=O) groups excluding carboxylic acids is 2. The van der Waals surface area contributed by atoms with E-state index in [-0.39, 0.29) is 28.6 Å². The molecule has 1 spiro atoms. The predicted molar refractivity (Wildman–Crippen MR) is 96.7 cm³/mol. The van der Waals surface area contributed by atoms with Crippen molar-refractivity contribution in [2.24, 2.45) is 10.8 Å². The maximum absolute atomic E-state index is 12.8. The minimum Gasteiger partial charge on any atom is -0.335 e. The van der Waals surface area contributed by atoms with Crippen LogP contribution in [-0.4, -0.2) is 34.7 Å². The molecule has 1 aliphatic heterocycles. The third kappa shape index (κ3) is 3.00. The van der Waals surface area contributed by atoms with Gasteiger partial charge in [-0.15, -0.1) is 11.3 Å². The van der Waals surface area contributed by atoms with Crippen LogP contribution in [0.25, 0.3) is 0 Å². The van der Waals surface area contributed by atoms with Gasteiger partial charge in [-0.05, 0) is 12.3 Å². The maximum atomic E-state index is 12.8. The molecule has 1 aromatic rings. The molecule has 0 N–H and O–H groups in total. The van der Waals surface area contributed by atoms with E-state index < -0.39 is 5.41 Å². The average Bonchev–Trinajstić information content (AvgIpc) is 2.89. The smallest absolute Gasteiger partial charge is 0.273 e. The molecule has 0 saturated carbocycles. The monoisotopic (exact) mass is 377 g/mol. The number of rotatable bonds is 2. The Morgan fingerprint density at radius 2 is 2.08 bits per heavy atom. The lowest BCUT2D eigenvalue weighted by molar-refractivity contribution is -0.127. The number of ketones is 1. The number of aromatic nitrogens is 1. The first-order valence-electron chi connectivity index (χ1n) is 8.22. The highest BCUT2D eigenvalue weighted by Crippen LogP contribution is 2.48. The molecule has 2 heterocycles. The number of allylic oxidation sites excluding steroid dienone is 1. The Hall–Kier alpha value is -1.71. The summed E-state index contributed by atoms with van der Waals surface area (Å²) in [4.78, 5) is 31.9. The Bertz CT molecular complexity index is 826. The Morgan fingerprint density at radius 1 is 1.44 bits per heavy atom. The molecule has 0 atom stereocenters. The number of hydrogen-bond acceptors (Lipinski definition) is 5. The maximum Gasteiger partial charge on any atom is 0.273 e. The van der Waals surface area contributed by atoms with E-state index in [1.54, 1.807) is 11.0 Å². The van der Waals surface area contributed by atoms with Gasteiger partial charge in [0.1, 0.15) is 11.8 Å². The summed E-state index contributed by atoms with van der Waals surface area (Å²) < 4.78 is 0.373. The number of nitrogens with zero attached hydrogens (tertiary/aromatic N) is 3. The van der Waals surface area contributed by atoms with Crippen LogP contribution in [0.1, 0.15) is 55.4 Å². The molecule has 2 aliphatic rings. The van der Waals surface area contributed by atoms with Crippen LogP contribution in [0.2, 0.25) is 4.47 Å². The summed E-state index contributed by atoms with van der Waals surface area (Å²) in [5, 5.41) is 9.26. The topological polar surface area (TPSA) is 74.1 Å². The van der Waals surface area contributed by atoms with Crippen LogP contribution in [0.3, 0.4) is 0 Å². The van der Waals surface area contributed by atoms with Crippen LogP contribution in [0.5, 0.6) is 0 Å². The van der Waals surface area contributed by atoms with Crippen LogP contribution in [0.15, 0.2) is 11.6 Å². The number of thiazole rings is 1. The number of carbonyl (C=O) groups is 2. The largest absolute Gasteiger partial charge is 0.335 e. The van der Waals surface area contributed by atoms with Crippen molar-refractivity contribution in [1.82, 2.24) is 9.88 Å². The SMILES string of the molecule is CC(C)c1sc(Cl)nc1C(=O)N1CC2(C=C(C#N)C(=O)C(C)(C)C2)C1. The van der Waals surface area contributed by atoms with E-state index in [0.717, 1.165) is 4.88 Å². The molecule has 1 amide bonds. The predicted octanol–water partition coefficient (Wildman–Crippen LogP) is 3.81. The van der Waals surface area contributed by atoms with Gasteiger partial charge in [-0.1, -0.05) is 45.4 Å². The molecular weight excluding hydrogens is 358 g/mol. The number of halogens is 1. The highest BCUT2D eigenvalue weighted by molar-refractivity contribution is 7.16. The zero-order chi connectivity index (χ0) is 18.6. The van der Waals surface area contributed by atoms with Crippen LogP contribution in [0, 0.1) is 22.2 Å². The summed E-state index contributed by atoms with van der Waals surface area (Å²) in [5.41, 5.74) is -0.240. The number of nitriles is 1. The summed E-state index contributed by atoms with van der Waals surface area (Å²) in [7, 11) is 0. The Morgan fingerprint density at radius 3 is 2.64 bits per heavy atom. The molecule has 0 radical (unpaired) electrons. The van der Waals surface area contributed by atoms with Crippen LogP contribution in [-0.2, 0) is 4.79 Å². The van der Waals surface area contributed by atoms with Gasteiger partial charge in [-0.2, -0.15) is 5.26 Å². The summed E-state index contributed by atoms with van der Waals surface area (Å²) in [6.45, 7) is 8.75. The van der Waals surface area contributed by atoms with Crippen molar-refractivity contribution in [2.75, 3.05) is 13.1 Å². The van der Waals surface area contributed by atoms with Gasteiger partial charge in [-0.3, -0.25) is 9.59 Å². The number of hydrogen-bond donors (Lipinski definition) is 0. The average molecular weight is 378 g/mol. The quantitative estimate of drug-likeness (QED) is 0.785. The van der Waals surface area contributed by atoms with E-state index in [2.05, 4.69) is 4.98 Å². The number of likely N-dealkylation sites (tertiary alicyclic amines) is 1. The fourth-order valence-corrected chi connectivity index (χ4v) is 5.01. The molecule has 132 valence electrons. The van der Waals surface area contributed by atoms with Crippen molar-refractivity contribution >= 4 is 34.6 Å². The van der Waals surface area contributed by atoms with Crippen molar-refractivity contribution in [3.05, 3.63) is 26.7 Å². The molecule has 0 unspecified atom stereocenters. The second-order valence-electron chi connectivity index (χ2n) is 7.92. The van der Waals surface area contributed by atoms with Crippen molar-refractivity contribution < 1.29 is 9.59 Å². The zero-order valence-corrected chi connectivity index (χ0v) is 16.3. The van der Waals surface area contributed by atoms with Crippen molar-refractivity contribution in [2.45, 2.75) is 40.0 Å². The van der Waals surface area contributed by atoms with Gasteiger partial charge in [0.15, 0.2) is 10.3 Å². The Labute approximate surface area is 156 Å². The third-order valence-electron chi connectivity index (χ3n) is 4.88. The summed E-state index contributed by atoms with van der Waals surface area (Å²) in [6.07, 6.45) is 2.41. The molecule has 3 rings (SSSR count). The molecular formula is C18H20ClN3O2S. The minimum atomic E-state index is -0.581. The molecule has 1 fully saturated rings. The van der Waals surface area contributed by atoms with E-state index in [4.69, 9.17) is 11.6 Å². The Balaban J connectivity index is 1.83. The van der Waals surface area contributed by atoms with E-state index in [1.165, 1.54) is 11.3 Å². The fraction of sp³-hybridized carbons (Fsp3) is 0.556. The summed E-state index contributed by atoms with van der Waals surface area (Å²) >= 11 is 7.35. The van der Waals surface area contributed by atoms with Crippen molar-refractivity contribution in [3.8, 4) is 6.07 Å². The highest BCUT2D eigenvalue weighted by atomic mass is 35.5. The lowest BCUT2D eigenvalue weighted by atomic mass is 9.61. The second kappa shape index (κ2) is 5.93. The normalized spacial score (nSPS) is 21.1. The van der Waals surface area contributed by atoms with Gasteiger partial charge < -0.3 is 4.90 Å². The molecule has 7 heteroatoms. The lowest BCUT2D eigenvalue weighted by Crippen LogP contribution is -2.61. The van der Waals surface area contributed by atoms with Gasteiger partial charge in [0.05, 0.1) is 5.57 Å². The molecule has 0 aromatic carbocycles. The van der Waals surface area contributed by atoms with E-state index in [9.17, 15) is 14.9 Å². The van der Waals surface area contributed by atoms with Crippen molar-refractivity contribution in [3.63, 3.8) is 0 Å². The number of Topliss-reactive ketones (excluding diaryl/α,β-unsaturated/α-hetero) is 1. The Kier molecular flexibility index (Phi) is 4.29. The standard InChI is InChI=1S/C18H20ClN3O2S/c1-10(2)13-12(21-16(19)25-13)15(24)22-8-18(9-22)5-11(6-20)14(23)17(3,4)7-18/h5,10H,7-9H2,1-4H3. The first-order chi connectivity index (χ1) is 11.6. The summed E-state index contributed by atoms with van der Waals surface area (Å²) in [6, 6.07) is 2.02. The van der Waals surface area contributed by atoms with Crippen LogP contribution in [0.4, 0.5) is 0 Å². The van der Waals surface area contributed by atoms with Gasteiger partial charge in [0, 0.05) is 28.8 Å². The molecule has 25 heavy (non-hydrogen) atoms. The van der Waals surface area contributed by atoms with Crippen LogP contribution >= 0.6 is 22.9 Å². The van der Waals surface area contributed by atoms with Crippen LogP contribution < -0.4 is 0 Å². The fourth-order valence-electron chi connectivity index (χ4n) is 3.89. The first kappa shape index (κ1) is 18.1. The van der Waals surface area contributed by atoms with Gasteiger partial charge in [0.2, 0.25) is 0 Å². The van der Waals surface area contributed by atoms with Gasteiger partial charge in [0.25, 0.3) is 5.91 Å². The van der Waals surface area contributed by atoms with E-state index in [0.29, 0.717) is 29.7 Å². The molecule has 1 aromatic heterocycles. The molecule has 1 saturated heterocycles. The van der Waals surface area contributed by atoms with Gasteiger partial charge in [-0.25, -0.2) is 4.98 Å². The number of amides is 1. The van der Waals surface area contributed by atoms with Gasteiger partial charge >= 0.3 is 0 Å². The zero-order valence-electron chi connectivity index (χ0n) is 14.7. The highest BCUT2D eigenvalue weighted by Gasteiger charge is 2.52. The lowest BCUT2D eigenvalue weighted by Gasteiger charge is -2.53. The van der Waals surface area contributed by atoms with E-state index >= 15 is 0 Å². The molecule has 1 aliphatic carbocycles. The second-order valence-corrected chi connectivity index (χ2v) is 9.53. The van der Waals surface area contributed by atoms with Crippen molar-refractivity contribution in [1.29, 1.82) is 5.26 Å². The first-order valence-corrected chi connectivity index (χ1v) is 9.41.